The summed E-state index contributed by atoms with van der Waals surface area (Å²) in [5, 5.41) is 3.35. The molecule has 0 amide bonds. The number of anilines is 1. The van der Waals surface area contributed by atoms with Gasteiger partial charge in [-0.3, -0.25) is 0 Å². The molecule has 0 unspecified atom stereocenters. The number of hydrogen-bond acceptors (Lipinski definition) is 4. The maximum Gasteiger partial charge on any atom is 0.128 e. The number of nitrogens with zero attached hydrogens (tertiary/aromatic N) is 2. The standard InChI is InChI=1S/C15H21N3O2/c1-4-6-18-7-5-16-15(18)11-17-12-8-13(19-2)10-14(9-12)20-3/h5,7-10,17H,4,6,11H2,1-3H3. The molecular weight excluding hydrogens is 254 g/mol. The molecule has 0 fully saturated rings. The first kappa shape index (κ1) is 14.2. The van der Waals surface area contributed by atoms with Crippen LogP contribution in [0.2, 0.25) is 0 Å². The second-order valence-corrected chi connectivity index (χ2v) is 4.49. The number of rotatable bonds is 7. The largest absolute Gasteiger partial charge is 0.497 e. The van der Waals surface area contributed by atoms with E-state index in [1.807, 2.05) is 30.6 Å². The van der Waals surface area contributed by atoms with Crippen molar-refractivity contribution in [1.29, 1.82) is 0 Å². The molecule has 0 saturated carbocycles. The topological polar surface area (TPSA) is 48.3 Å². The molecule has 0 aliphatic rings. The minimum atomic E-state index is 0.670. The summed E-state index contributed by atoms with van der Waals surface area (Å²) < 4.78 is 12.7. The van der Waals surface area contributed by atoms with Gasteiger partial charge in [0.25, 0.3) is 0 Å². The molecule has 1 heterocycles. The predicted octanol–water partition coefficient (Wildman–Crippen LogP) is 2.92. The summed E-state index contributed by atoms with van der Waals surface area (Å²) in [7, 11) is 3.29. The lowest BCUT2D eigenvalue weighted by atomic mass is 10.2. The third kappa shape index (κ3) is 3.44. The van der Waals surface area contributed by atoms with Crippen LogP contribution in [0.15, 0.2) is 30.6 Å². The quantitative estimate of drug-likeness (QED) is 0.844. The smallest absolute Gasteiger partial charge is 0.128 e. The Morgan fingerprint density at radius 3 is 2.45 bits per heavy atom. The van der Waals surface area contributed by atoms with Crippen LogP contribution in [-0.4, -0.2) is 23.8 Å². The van der Waals surface area contributed by atoms with Crippen molar-refractivity contribution in [2.75, 3.05) is 19.5 Å². The van der Waals surface area contributed by atoms with Crippen molar-refractivity contribution in [3.8, 4) is 11.5 Å². The van der Waals surface area contributed by atoms with Crippen LogP contribution < -0.4 is 14.8 Å². The van der Waals surface area contributed by atoms with Crippen molar-refractivity contribution in [3.05, 3.63) is 36.4 Å². The SMILES string of the molecule is CCCn1ccnc1CNc1cc(OC)cc(OC)c1. The molecule has 108 valence electrons. The van der Waals surface area contributed by atoms with Crippen molar-refractivity contribution >= 4 is 5.69 Å². The van der Waals surface area contributed by atoms with Gasteiger partial charge in [0.1, 0.15) is 17.3 Å². The summed E-state index contributed by atoms with van der Waals surface area (Å²) in [4.78, 5) is 4.37. The summed E-state index contributed by atoms with van der Waals surface area (Å²) in [5.41, 5.74) is 0.951. The van der Waals surface area contributed by atoms with Gasteiger partial charge in [-0.1, -0.05) is 6.92 Å². The zero-order chi connectivity index (χ0) is 14.4. The van der Waals surface area contributed by atoms with Crippen molar-refractivity contribution in [2.24, 2.45) is 0 Å². The van der Waals surface area contributed by atoms with Gasteiger partial charge in [-0.2, -0.15) is 0 Å². The van der Waals surface area contributed by atoms with E-state index in [2.05, 4.69) is 21.8 Å². The van der Waals surface area contributed by atoms with Gasteiger partial charge >= 0.3 is 0 Å². The van der Waals surface area contributed by atoms with Crippen LogP contribution in [0, 0.1) is 0 Å². The predicted molar refractivity (Wildman–Crippen MR) is 79.4 cm³/mol. The highest BCUT2D eigenvalue weighted by molar-refractivity contribution is 5.53. The Morgan fingerprint density at radius 1 is 1.15 bits per heavy atom. The lowest BCUT2D eigenvalue weighted by molar-refractivity contribution is 0.394. The first-order valence-electron chi connectivity index (χ1n) is 6.73. The Kier molecular flexibility index (Phi) is 4.87. The zero-order valence-electron chi connectivity index (χ0n) is 12.2. The molecule has 1 aromatic heterocycles. The number of nitrogens with one attached hydrogen (secondary N) is 1. The highest BCUT2D eigenvalue weighted by atomic mass is 16.5. The molecule has 2 aromatic rings. The third-order valence-corrected chi connectivity index (χ3v) is 3.07. The van der Waals surface area contributed by atoms with E-state index in [0.717, 1.165) is 36.0 Å². The molecule has 5 nitrogen and oxygen atoms in total. The van der Waals surface area contributed by atoms with Crippen LogP contribution >= 0.6 is 0 Å². The molecular formula is C15H21N3O2. The first-order valence-corrected chi connectivity index (χ1v) is 6.73. The Labute approximate surface area is 119 Å². The number of aromatic nitrogens is 2. The van der Waals surface area contributed by atoms with E-state index >= 15 is 0 Å². The van der Waals surface area contributed by atoms with Gasteiger partial charge in [0.15, 0.2) is 0 Å². The Balaban J connectivity index is 2.08. The van der Waals surface area contributed by atoms with Gasteiger partial charge in [-0.15, -0.1) is 0 Å². The van der Waals surface area contributed by atoms with E-state index in [1.54, 1.807) is 14.2 Å². The number of methoxy groups -OCH3 is 2. The highest BCUT2D eigenvalue weighted by Crippen LogP contribution is 2.25. The van der Waals surface area contributed by atoms with Crippen LogP contribution in [0.25, 0.3) is 0 Å². The molecule has 0 saturated heterocycles. The fourth-order valence-corrected chi connectivity index (χ4v) is 2.04. The minimum absolute atomic E-state index is 0.670. The average molecular weight is 275 g/mol. The third-order valence-electron chi connectivity index (χ3n) is 3.07. The van der Waals surface area contributed by atoms with E-state index in [9.17, 15) is 0 Å². The number of imidazole rings is 1. The molecule has 1 N–H and O–H groups in total. The Bertz CT molecular complexity index is 530. The second kappa shape index (κ2) is 6.84. The van der Waals surface area contributed by atoms with Gasteiger partial charge in [0.2, 0.25) is 0 Å². The van der Waals surface area contributed by atoms with Crippen LogP contribution in [0.1, 0.15) is 19.2 Å². The number of hydrogen-bond donors (Lipinski definition) is 1. The normalized spacial score (nSPS) is 10.3. The molecule has 5 heteroatoms. The summed E-state index contributed by atoms with van der Waals surface area (Å²) in [6, 6.07) is 5.73. The second-order valence-electron chi connectivity index (χ2n) is 4.49. The van der Waals surface area contributed by atoms with Crippen LogP contribution in [-0.2, 0) is 13.1 Å². The maximum atomic E-state index is 5.26. The van der Waals surface area contributed by atoms with Gasteiger partial charge in [-0.05, 0) is 6.42 Å². The molecule has 0 atom stereocenters. The van der Waals surface area contributed by atoms with E-state index in [4.69, 9.17) is 9.47 Å². The fourth-order valence-electron chi connectivity index (χ4n) is 2.04. The highest BCUT2D eigenvalue weighted by Gasteiger charge is 2.04. The van der Waals surface area contributed by atoms with E-state index in [0.29, 0.717) is 6.54 Å². The Hall–Kier alpha value is -2.17. The summed E-state index contributed by atoms with van der Waals surface area (Å²) in [5.74, 6) is 2.56. The van der Waals surface area contributed by atoms with Crippen molar-refractivity contribution in [1.82, 2.24) is 9.55 Å². The number of ether oxygens (including phenoxy) is 2. The number of benzene rings is 1. The zero-order valence-corrected chi connectivity index (χ0v) is 12.2. The first-order chi connectivity index (χ1) is 9.76. The summed E-state index contributed by atoms with van der Waals surface area (Å²) in [6.45, 7) is 3.81. The fraction of sp³-hybridized carbons (Fsp3) is 0.400. The van der Waals surface area contributed by atoms with Gasteiger partial charge in [0, 0.05) is 42.8 Å². The van der Waals surface area contributed by atoms with E-state index in [-0.39, 0.29) is 0 Å². The van der Waals surface area contributed by atoms with Crippen LogP contribution in [0.5, 0.6) is 11.5 Å². The summed E-state index contributed by atoms with van der Waals surface area (Å²) in [6.07, 6.45) is 4.93. The Morgan fingerprint density at radius 2 is 1.85 bits per heavy atom. The maximum absolute atomic E-state index is 5.26. The molecule has 1 aromatic carbocycles. The molecule has 0 aliphatic heterocycles. The molecule has 0 spiro atoms. The molecule has 0 aliphatic carbocycles. The average Bonchev–Trinajstić information content (AvgIpc) is 2.92. The van der Waals surface area contributed by atoms with Crippen LogP contribution in [0.3, 0.4) is 0 Å². The molecule has 20 heavy (non-hydrogen) atoms. The van der Waals surface area contributed by atoms with Gasteiger partial charge < -0.3 is 19.4 Å². The van der Waals surface area contributed by atoms with E-state index in [1.165, 1.54) is 0 Å². The van der Waals surface area contributed by atoms with Crippen molar-refractivity contribution in [3.63, 3.8) is 0 Å². The van der Waals surface area contributed by atoms with Crippen molar-refractivity contribution < 1.29 is 9.47 Å². The lowest BCUT2D eigenvalue weighted by Crippen LogP contribution is -2.08. The van der Waals surface area contributed by atoms with Gasteiger partial charge in [0.05, 0.1) is 20.8 Å². The van der Waals surface area contributed by atoms with Crippen molar-refractivity contribution in [2.45, 2.75) is 26.4 Å². The van der Waals surface area contributed by atoms with Gasteiger partial charge in [-0.25, -0.2) is 4.98 Å². The van der Waals surface area contributed by atoms with E-state index < -0.39 is 0 Å². The summed E-state index contributed by atoms with van der Waals surface area (Å²) >= 11 is 0. The van der Waals surface area contributed by atoms with Crippen LogP contribution in [0.4, 0.5) is 5.69 Å². The molecule has 2 rings (SSSR count). The number of aryl methyl sites for hydroxylation is 1. The molecule has 0 radical (unpaired) electrons. The lowest BCUT2D eigenvalue weighted by Gasteiger charge is -2.11. The monoisotopic (exact) mass is 275 g/mol. The molecule has 0 bridgehead atoms. The minimum Gasteiger partial charge on any atom is -0.497 e.